The van der Waals surface area contributed by atoms with Crippen molar-refractivity contribution in [1.29, 1.82) is 5.26 Å². The summed E-state index contributed by atoms with van der Waals surface area (Å²) in [5.74, 6) is 0.154. The van der Waals surface area contributed by atoms with Crippen LogP contribution in [0.15, 0.2) is 36.4 Å². The third-order valence-electron chi connectivity index (χ3n) is 4.10. The van der Waals surface area contributed by atoms with Crippen molar-refractivity contribution in [3.63, 3.8) is 0 Å². The van der Waals surface area contributed by atoms with Crippen LogP contribution in [-0.2, 0) is 6.54 Å². The van der Waals surface area contributed by atoms with Crippen LogP contribution in [-0.4, -0.2) is 41.9 Å². The molecule has 23 heavy (non-hydrogen) atoms. The van der Waals surface area contributed by atoms with E-state index in [9.17, 15) is 4.79 Å². The van der Waals surface area contributed by atoms with E-state index in [1.165, 1.54) is 10.4 Å². The molecule has 0 spiro atoms. The average Bonchev–Trinajstić information content (AvgIpc) is 3.02. The van der Waals surface area contributed by atoms with Crippen LogP contribution in [0.1, 0.15) is 25.7 Å². The Bertz CT molecular complexity index is 721. The number of aryl methyl sites for hydroxylation is 1. The molecule has 0 bridgehead atoms. The summed E-state index contributed by atoms with van der Waals surface area (Å²) >= 11 is 1.57. The van der Waals surface area contributed by atoms with Crippen molar-refractivity contribution in [2.45, 2.75) is 13.5 Å². The summed E-state index contributed by atoms with van der Waals surface area (Å²) in [7, 11) is 0. The Morgan fingerprint density at radius 1 is 1.13 bits per heavy atom. The highest BCUT2D eigenvalue weighted by Gasteiger charge is 2.22. The molecule has 0 saturated carbocycles. The van der Waals surface area contributed by atoms with Gasteiger partial charge in [-0.2, -0.15) is 5.26 Å². The van der Waals surface area contributed by atoms with Gasteiger partial charge in [0.1, 0.15) is 0 Å². The van der Waals surface area contributed by atoms with Gasteiger partial charge in [-0.15, -0.1) is 11.3 Å². The number of hydrogen-bond donors (Lipinski definition) is 0. The Hall–Kier alpha value is -2.16. The topological polar surface area (TPSA) is 47.3 Å². The molecular formula is C18H19N3OS. The van der Waals surface area contributed by atoms with E-state index in [-0.39, 0.29) is 5.91 Å². The quantitative estimate of drug-likeness (QED) is 0.872. The molecule has 1 aliphatic heterocycles. The fourth-order valence-electron chi connectivity index (χ4n) is 2.76. The molecule has 5 heteroatoms. The zero-order chi connectivity index (χ0) is 16.2. The van der Waals surface area contributed by atoms with E-state index in [0.29, 0.717) is 5.56 Å². The maximum Gasteiger partial charge on any atom is 0.264 e. The normalized spacial score (nSPS) is 15.4. The summed E-state index contributed by atoms with van der Waals surface area (Å²) in [6.45, 7) is 6.20. The van der Waals surface area contributed by atoms with Crippen LogP contribution >= 0.6 is 11.3 Å². The SMILES string of the molecule is Cc1ccc(C(=O)N2CCN(Cc3ccc(C#N)cc3)CC2)s1. The molecule has 3 rings (SSSR count). The first-order chi connectivity index (χ1) is 11.2. The van der Waals surface area contributed by atoms with Gasteiger partial charge in [-0.25, -0.2) is 0 Å². The molecule has 118 valence electrons. The molecule has 0 unspecified atom stereocenters. The summed E-state index contributed by atoms with van der Waals surface area (Å²) in [6.07, 6.45) is 0. The molecule has 0 aliphatic carbocycles. The molecule has 2 aromatic rings. The Morgan fingerprint density at radius 3 is 2.39 bits per heavy atom. The molecule has 4 nitrogen and oxygen atoms in total. The van der Waals surface area contributed by atoms with Crippen molar-refractivity contribution in [2.75, 3.05) is 26.2 Å². The van der Waals surface area contributed by atoms with Crippen molar-refractivity contribution >= 4 is 17.2 Å². The van der Waals surface area contributed by atoms with Gasteiger partial charge in [-0.3, -0.25) is 9.69 Å². The number of thiophene rings is 1. The van der Waals surface area contributed by atoms with Crippen molar-refractivity contribution in [1.82, 2.24) is 9.80 Å². The van der Waals surface area contributed by atoms with Crippen molar-refractivity contribution in [3.8, 4) is 6.07 Å². The van der Waals surface area contributed by atoms with Crippen molar-refractivity contribution in [2.24, 2.45) is 0 Å². The highest BCUT2D eigenvalue weighted by atomic mass is 32.1. The highest BCUT2D eigenvalue weighted by Crippen LogP contribution is 2.18. The predicted octanol–water partition coefficient (Wildman–Crippen LogP) is 2.89. The molecule has 0 N–H and O–H groups in total. The van der Waals surface area contributed by atoms with Gasteiger partial charge < -0.3 is 4.90 Å². The summed E-state index contributed by atoms with van der Waals surface area (Å²) in [4.78, 5) is 18.7. The lowest BCUT2D eigenvalue weighted by molar-refractivity contribution is 0.0633. The van der Waals surface area contributed by atoms with Gasteiger partial charge in [0.2, 0.25) is 0 Å². The van der Waals surface area contributed by atoms with E-state index in [1.54, 1.807) is 11.3 Å². The van der Waals surface area contributed by atoms with Crippen molar-refractivity contribution < 1.29 is 4.79 Å². The summed E-state index contributed by atoms with van der Waals surface area (Å²) in [5.41, 5.74) is 1.90. The smallest absolute Gasteiger partial charge is 0.264 e. The first-order valence-electron chi connectivity index (χ1n) is 7.73. The second-order valence-corrected chi connectivity index (χ2v) is 7.08. The monoisotopic (exact) mass is 325 g/mol. The molecule has 1 aliphatic rings. The molecular weight excluding hydrogens is 306 g/mol. The minimum Gasteiger partial charge on any atom is -0.335 e. The Balaban J connectivity index is 1.53. The summed E-state index contributed by atoms with van der Waals surface area (Å²) in [5, 5.41) is 8.83. The zero-order valence-electron chi connectivity index (χ0n) is 13.2. The fourth-order valence-corrected chi connectivity index (χ4v) is 3.59. The number of rotatable bonds is 3. The number of benzene rings is 1. The Kier molecular flexibility index (Phi) is 4.75. The lowest BCUT2D eigenvalue weighted by atomic mass is 10.1. The minimum atomic E-state index is 0.154. The van der Waals surface area contributed by atoms with Crippen LogP contribution < -0.4 is 0 Å². The Morgan fingerprint density at radius 2 is 1.83 bits per heavy atom. The molecule has 2 heterocycles. The molecule has 1 aromatic carbocycles. The van der Waals surface area contributed by atoms with Gasteiger partial charge in [-0.05, 0) is 36.8 Å². The number of amides is 1. The van der Waals surface area contributed by atoms with E-state index in [1.807, 2.05) is 48.2 Å². The zero-order valence-corrected chi connectivity index (χ0v) is 14.0. The molecule has 1 aromatic heterocycles. The van der Waals surface area contributed by atoms with Crippen LogP contribution in [0.5, 0.6) is 0 Å². The maximum absolute atomic E-state index is 12.4. The van der Waals surface area contributed by atoms with Gasteiger partial charge in [0.05, 0.1) is 16.5 Å². The van der Waals surface area contributed by atoms with Crippen LogP contribution in [0.4, 0.5) is 0 Å². The highest BCUT2D eigenvalue weighted by molar-refractivity contribution is 7.13. The molecule has 1 amide bonds. The molecule has 0 radical (unpaired) electrons. The van der Waals surface area contributed by atoms with E-state index in [2.05, 4.69) is 11.0 Å². The molecule has 0 atom stereocenters. The van der Waals surface area contributed by atoms with Gasteiger partial charge in [0, 0.05) is 37.6 Å². The van der Waals surface area contributed by atoms with Gasteiger partial charge >= 0.3 is 0 Å². The summed E-state index contributed by atoms with van der Waals surface area (Å²) in [6, 6.07) is 13.8. The minimum absolute atomic E-state index is 0.154. The first kappa shape index (κ1) is 15.7. The lowest BCUT2D eigenvalue weighted by Crippen LogP contribution is -2.48. The van der Waals surface area contributed by atoms with Gasteiger partial charge in [-0.1, -0.05) is 12.1 Å². The van der Waals surface area contributed by atoms with Crippen molar-refractivity contribution in [3.05, 3.63) is 57.3 Å². The predicted molar refractivity (Wildman–Crippen MR) is 91.4 cm³/mol. The molecule has 1 saturated heterocycles. The number of hydrogen-bond acceptors (Lipinski definition) is 4. The van der Waals surface area contributed by atoms with Gasteiger partial charge in [0.15, 0.2) is 0 Å². The number of carbonyl (C=O) groups is 1. The lowest BCUT2D eigenvalue weighted by Gasteiger charge is -2.34. The summed E-state index contributed by atoms with van der Waals surface area (Å²) < 4.78 is 0. The number of carbonyl (C=O) groups excluding carboxylic acids is 1. The standard InChI is InChI=1S/C18H19N3OS/c1-14-2-7-17(23-14)18(22)21-10-8-20(9-11-21)13-16-5-3-15(12-19)4-6-16/h2-7H,8-11,13H2,1H3. The van der Waals surface area contributed by atoms with Crippen LogP contribution in [0.25, 0.3) is 0 Å². The maximum atomic E-state index is 12.4. The van der Waals surface area contributed by atoms with E-state index in [4.69, 9.17) is 5.26 Å². The largest absolute Gasteiger partial charge is 0.335 e. The second-order valence-electron chi connectivity index (χ2n) is 5.79. The van der Waals surface area contributed by atoms with Crippen LogP contribution in [0.3, 0.4) is 0 Å². The number of nitrogens with zero attached hydrogens (tertiary/aromatic N) is 3. The van der Waals surface area contributed by atoms with Gasteiger partial charge in [0.25, 0.3) is 5.91 Å². The van der Waals surface area contributed by atoms with Crippen LogP contribution in [0, 0.1) is 18.3 Å². The van der Waals surface area contributed by atoms with Crippen LogP contribution in [0.2, 0.25) is 0 Å². The van der Waals surface area contributed by atoms with E-state index in [0.717, 1.165) is 37.6 Å². The van der Waals surface area contributed by atoms with E-state index < -0.39 is 0 Å². The van der Waals surface area contributed by atoms with E-state index >= 15 is 0 Å². The number of nitriles is 1. The fraction of sp³-hybridized carbons (Fsp3) is 0.333. The molecule has 1 fully saturated rings. The number of piperazine rings is 1. The third-order valence-corrected chi connectivity index (χ3v) is 5.09. The second kappa shape index (κ2) is 6.95. The first-order valence-corrected chi connectivity index (χ1v) is 8.54. The Labute approximate surface area is 140 Å². The average molecular weight is 325 g/mol. The third kappa shape index (κ3) is 3.79.